The SMILES string of the molecule is Cc1ccc(C2=NN(c3nc(-c4ccccc4)cs3)[C@H](c3ccc(F)cc3)C2)cc1.Cc1ccc(C2=NN(c3nc(-c4ccccc4)cs3)[C@H](c3ccc(F)cc3)C2)cc1. The number of anilines is 2. The van der Waals surface area contributed by atoms with E-state index in [0.29, 0.717) is 0 Å². The van der Waals surface area contributed by atoms with Crippen LogP contribution in [-0.2, 0) is 0 Å². The van der Waals surface area contributed by atoms with E-state index in [0.717, 1.165) is 79.3 Å². The molecular formula is C50H40F2N6S2. The Kier molecular flexibility index (Phi) is 11.2. The first-order chi connectivity index (χ1) is 29.3. The van der Waals surface area contributed by atoms with Gasteiger partial charge in [-0.3, -0.25) is 0 Å². The van der Waals surface area contributed by atoms with Crippen LogP contribution in [0.1, 0.15) is 58.3 Å². The summed E-state index contributed by atoms with van der Waals surface area (Å²) in [5.74, 6) is -0.466. The second kappa shape index (κ2) is 17.3. The minimum atomic E-state index is -0.233. The van der Waals surface area contributed by atoms with Crippen molar-refractivity contribution in [1.82, 2.24) is 9.97 Å². The Balaban J connectivity index is 0.000000154. The van der Waals surface area contributed by atoms with Gasteiger partial charge in [0.05, 0.1) is 34.9 Å². The normalized spacial score (nSPS) is 16.0. The van der Waals surface area contributed by atoms with Gasteiger partial charge in [0.1, 0.15) is 11.6 Å². The van der Waals surface area contributed by atoms with Crippen LogP contribution in [0.25, 0.3) is 22.5 Å². The smallest absolute Gasteiger partial charge is 0.207 e. The lowest BCUT2D eigenvalue weighted by atomic mass is 9.98. The molecule has 8 aromatic rings. The minimum absolute atomic E-state index is 0.0170. The van der Waals surface area contributed by atoms with Gasteiger partial charge in [-0.1, -0.05) is 145 Å². The largest absolute Gasteiger partial charge is 0.231 e. The molecule has 0 N–H and O–H groups in total. The van der Waals surface area contributed by atoms with Crippen molar-refractivity contribution in [2.24, 2.45) is 10.2 Å². The minimum Gasteiger partial charge on any atom is -0.231 e. The number of aromatic nitrogens is 2. The standard InChI is InChI=1S/2C25H20FN3S/c2*1-17-7-9-19(10-8-17)22-15-24(20-11-13-21(26)14-12-20)29(28-22)25-27-23(16-30-25)18-5-3-2-4-6-18/h2*2-14,16,24H,15H2,1H3/t2*24-/m00/s1. The molecule has 0 spiro atoms. The molecule has 2 aliphatic heterocycles. The lowest BCUT2D eigenvalue weighted by molar-refractivity contribution is 0.623. The third-order valence-corrected chi connectivity index (χ3v) is 12.3. The summed E-state index contributed by atoms with van der Waals surface area (Å²) in [5, 5.41) is 19.7. The van der Waals surface area contributed by atoms with Gasteiger partial charge in [0.2, 0.25) is 10.3 Å². The predicted molar refractivity (Wildman–Crippen MR) is 243 cm³/mol. The third kappa shape index (κ3) is 8.57. The van der Waals surface area contributed by atoms with Crippen molar-refractivity contribution in [3.63, 3.8) is 0 Å². The molecule has 10 rings (SSSR count). The summed E-state index contributed by atoms with van der Waals surface area (Å²) >= 11 is 3.15. The summed E-state index contributed by atoms with van der Waals surface area (Å²) in [6.45, 7) is 4.16. The second-order valence-corrected chi connectivity index (χ2v) is 16.5. The number of hydrogen-bond donors (Lipinski definition) is 0. The van der Waals surface area contributed by atoms with Gasteiger partial charge in [0.15, 0.2) is 0 Å². The lowest BCUT2D eigenvalue weighted by Crippen LogP contribution is -2.18. The first-order valence-corrected chi connectivity index (χ1v) is 21.5. The van der Waals surface area contributed by atoms with Crippen LogP contribution in [0.15, 0.2) is 179 Å². The van der Waals surface area contributed by atoms with Gasteiger partial charge in [-0.25, -0.2) is 28.8 Å². The van der Waals surface area contributed by atoms with Crippen LogP contribution < -0.4 is 10.0 Å². The molecule has 0 unspecified atom stereocenters. The topological polar surface area (TPSA) is 57.0 Å². The van der Waals surface area contributed by atoms with Gasteiger partial charge in [-0.15, -0.1) is 22.7 Å². The molecule has 4 heterocycles. The van der Waals surface area contributed by atoms with Crippen LogP contribution in [0, 0.1) is 25.5 Å². The molecule has 0 saturated carbocycles. The molecule has 6 nitrogen and oxygen atoms in total. The molecule has 2 aromatic heterocycles. The zero-order valence-corrected chi connectivity index (χ0v) is 34.6. The Labute approximate surface area is 356 Å². The van der Waals surface area contributed by atoms with Crippen molar-refractivity contribution < 1.29 is 8.78 Å². The average Bonchev–Trinajstić information content (AvgIpc) is 4.13. The number of thiazole rings is 2. The number of benzene rings is 6. The van der Waals surface area contributed by atoms with Crippen LogP contribution in [0.2, 0.25) is 0 Å². The second-order valence-electron chi connectivity index (χ2n) is 14.8. The summed E-state index contributed by atoms with van der Waals surface area (Å²) in [6.07, 6.45) is 1.49. The number of halogens is 2. The van der Waals surface area contributed by atoms with Gasteiger partial charge in [-0.05, 0) is 60.4 Å². The number of hydrogen-bond acceptors (Lipinski definition) is 8. The van der Waals surface area contributed by atoms with Crippen LogP contribution in [0.3, 0.4) is 0 Å². The third-order valence-electron chi connectivity index (χ3n) is 10.6. The number of hydrazone groups is 2. The molecule has 2 atom stereocenters. The van der Waals surface area contributed by atoms with Crippen LogP contribution in [0.5, 0.6) is 0 Å². The summed E-state index contributed by atoms with van der Waals surface area (Å²) < 4.78 is 27.0. The van der Waals surface area contributed by atoms with Gasteiger partial charge in [-0.2, -0.15) is 10.2 Å². The van der Waals surface area contributed by atoms with Crippen LogP contribution >= 0.6 is 22.7 Å². The maximum atomic E-state index is 13.5. The number of nitrogens with zero attached hydrogens (tertiary/aromatic N) is 6. The van der Waals surface area contributed by atoms with Gasteiger partial charge < -0.3 is 0 Å². The molecule has 0 saturated heterocycles. The monoisotopic (exact) mass is 826 g/mol. The first-order valence-electron chi connectivity index (χ1n) is 19.7. The predicted octanol–water partition coefficient (Wildman–Crippen LogP) is 13.2. The first kappa shape index (κ1) is 38.9. The van der Waals surface area contributed by atoms with E-state index in [1.165, 1.54) is 35.4 Å². The molecule has 2 aliphatic rings. The molecule has 6 aromatic carbocycles. The molecule has 0 amide bonds. The van der Waals surface area contributed by atoms with Gasteiger partial charge in [0.25, 0.3) is 0 Å². The Morgan fingerprint density at radius 1 is 0.450 bits per heavy atom. The van der Waals surface area contributed by atoms with E-state index >= 15 is 0 Å². The molecular weight excluding hydrogens is 787 g/mol. The van der Waals surface area contributed by atoms with E-state index < -0.39 is 0 Å². The molecule has 0 fully saturated rings. The Hall–Kier alpha value is -6.62. The fourth-order valence-corrected chi connectivity index (χ4v) is 8.99. The number of rotatable bonds is 8. The fraction of sp³-hybridized carbons (Fsp3) is 0.120. The van der Waals surface area contributed by atoms with Crippen molar-refractivity contribution in [2.75, 3.05) is 10.0 Å². The maximum absolute atomic E-state index is 13.5. The highest BCUT2D eigenvalue weighted by molar-refractivity contribution is 7.14. The summed E-state index contributed by atoms with van der Waals surface area (Å²) in [6, 6.07) is 50.5. The van der Waals surface area contributed by atoms with Crippen molar-refractivity contribution in [3.8, 4) is 22.5 Å². The van der Waals surface area contributed by atoms with Gasteiger partial charge in [0, 0.05) is 34.7 Å². The molecule has 0 aliphatic carbocycles. The van der Waals surface area contributed by atoms with E-state index in [9.17, 15) is 8.78 Å². The molecule has 60 heavy (non-hydrogen) atoms. The van der Waals surface area contributed by atoms with E-state index in [2.05, 4.69) is 97.4 Å². The van der Waals surface area contributed by atoms with Crippen molar-refractivity contribution in [1.29, 1.82) is 0 Å². The highest BCUT2D eigenvalue weighted by atomic mass is 32.1. The fourth-order valence-electron chi connectivity index (χ4n) is 7.33. The molecule has 10 heteroatoms. The average molecular weight is 827 g/mol. The summed E-state index contributed by atoms with van der Waals surface area (Å²) in [7, 11) is 0. The zero-order chi connectivity index (χ0) is 41.0. The van der Waals surface area contributed by atoms with Crippen LogP contribution in [0.4, 0.5) is 19.0 Å². The summed E-state index contributed by atoms with van der Waals surface area (Å²) in [5.41, 5.74) is 12.8. The van der Waals surface area contributed by atoms with E-state index in [1.807, 2.05) is 70.7 Å². The van der Waals surface area contributed by atoms with Crippen molar-refractivity contribution in [3.05, 3.63) is 214 Å². The summed E-state index contributed by atoms with van der Waals surface area (Å²) in [4.78, 5) is 9.72. The molecule has 0 bridgehead atoms. The van der Waals surface area contributed by atoms with E-state index in [-0.39, 0.29) is 23.7 Å². The van der Waals surface area contributed by atoms with E-state index in [4.69, 9.17) is 20.2 Å². The quantitative estimate of drug-likeness (QED) is 0.153. The van der Waals surface area contributed by atoms with Crippen molar-refractivity contribution >= 4 is 44.4 Å². The van der Waals surface area contributed by atoms with Gasteiger partial charge >= 0.3 is 0 Å². The zero-order valence-electron chi connectivity index (χ0n) is 33.0. The van der Waals surface area contributed by atoms with Crippen LogP contribution in [-0.4, -0.2) is 21.4 Å². The van der Waals surface area contributed by atoms with Crippen molar-refractivity contribution in [2.45, 2.75) is 38.8 Å². The van der Waals surface area contributed by atoms with E-state index in [1.54, 1.807) is 22.7 Å². The molecule has 0 radical (unpaired) electrons. The number of aryl methyl sites for hydroxylation is 2. The Bertz CT molecular complexity index is 2560. The Morgan fingerprint density at radius 2 is 0.817 bits per heavy atom. The Morgan fingerprint density at radius 3 is 1.18 bits per heavy atom. The molecule has 296 valence electrons. The highest BCUT2D eigenvalue weighted by Gasteiger charge is 2.33. The lowest BCUT2D eigenvalue weighted by Gasteiger charge is -2.21. The highest BCUT2D eigenvalue weighted by Crippen LogP contribution is 2.41. The maximum Gasteiger partial charge on any atom is 0.207 e.